The molecule has 0 radical (unpaired) electrons. The van der Waals surface area contributed by atoms with Gasteiger partial charge >= 0.3 is 0 Å². The molecular formula is C25H28O11. The summed E-state index contributed by atoms with van der Waals surface area (Å²) in [4.78, 5) is 0. The Labute approximate surface area is 206 Å². The lowest BCUT2D eigenvalue weighted by atomic mass is 9.99. The standard InChI is InChI=1S/C25H28O11/c1-31-19-8-13(15(27)4-5-32-25-23(30)22(29)21(28)20(10-26)36-25)6-14-9-17(35-24(14)19)12-2-3-16-18(7-12)34-11-33-16/h2-3,6-9,15,20-23,25-30H,4-5,10-11H2,1H3/t15-,20-,21+,22+,23-,25+/m0/s1. The number of hydrogen-bond acceptors (Lipinski definition) is 11. The lowest BCUT2D eigenvalue weighted by molar-refractivity contribution is -0.301. The molecule has 1 fully saturated rings. The molecule has 36 heavy (non-hydrogen) atoms. The largest absolute Gasteiger partial charge is 0.493 e. The number of fused-ring (bicyclic) bond motifs is 2. The number of furan rings is 1. The number of benzene rings is 2. The predicted molar refractivity (Wildman–Crippen MR) is 124 cm³/mol. The average molecular weight is 504 g/mol. The first-order valence-corrected chi connectivity index (χ1v) is 11.5. The number of hydrogen-bond donors (Lipinski definition) is 5. The van der Waals surface area contributed by atoms with Gasteiger partial charge in [0.15, 0.2) is 29.1 Å². The van der Waals surface area contributed by atoms with Crippen molar-refractivity contribution in [1.82, 2.24) is 0 Å². The van der Waals surface area contributed by atoms with Crippen LogP contribution in [0.25, 0.3) is 22.3 Å². The van der Waals surface area contributed by atoms with E-state index >= 15 is 0 Å². The van der Waals surface area contributed by atoms with E-state index in [9.17, 15) is 25.5 Å². The minimum Gasteiger partial charge on any atom is -0.493 e. The lowest BCUT2D eigenvalue weighted by Crippen LogP contribution is -2.59. The van der Waals surface area contributed by atoms with E-state index < -0.39 is 43.4 Å². The van der Waals surface area contributed by atoms with Crippen LogP contribution in [0.2, 0.25) is 0 Å². The second-order valence-corrected chi connectivity index (χ2v) is 8.69. The molecule has 3 aromatic rings. The van der Waals surface area contributed by atoms with Gasteiger partial charge in [-0.25, -0.2) is 0 Å². The average Bonchev–Trinajstić information content (AvgIpc) is 3.54. The smallest absolute Gasteiger partial charge is 0.231 e. The van der Waals surface area contributed by atoms with Crippen LogP contribution in [0, 0.1) is 0 Å². The minimum absolute atomic E-state index is 0.0297. The molecule has 0 unspecified atom stereocenters. The van der Waals surface area contributed by atoms with E-state index in [1.54, 1.807) is 12.1 Å². The Morgan fingerprint density at radius 3 is 2.58 bits per heavy atom. The highest BCUT2D eigenvalue weighted by Crippen LogP contribution is 2.40. The Hall–Kier alpha value is -2.90. The van der Waals surface area contributed by atoms with E-state index in [1.807, 2.05) is 24.3 Å². The van der Waals surface area contributed by atoms with Crippen molar-refractivity contribution in [3.8, 4) is 28.6 Å². The van der Waals surface area contributed by atoms with E-state index in [0.29, 0.717) is 34.2 Å². The second-order valence-electron chi connectivity index (χ2n) is 8.69. The zero-order valence-electron chi connectivity index (χ0n) is 19.4. The monoisotopic (exact) mass is 504 g/mol. The Bertz CT molecular complexity index is 1210. The quantitative estimate of drug-likeness (QED) is 0.299. The minimum atomic E-state index is -1.53. The number of rotatable bonds is 8. The van der Waals surface area contributed by atoms with Crippen LogP contribution in [0.15, 0.2) is 40.8 Å². The van der Waals surface area contributed by atoms with E-state index in [1.165, 1.54) is 7.11 Å². The van der Waals surface area contributed by atoms with Gasteiger partial charge in [0.25, 0.3) is 0 Å². The third-order valence-corrected chi connectivity index (χ3v) is 6.39. The van der Waals surface area contributed by atoms with Crippen LogP contribution in [-0.4, -0.2) is 83.4 Å². The van der Waals surface area contributed by atoms with Crippen molar-refractivity contribution in [1.29, 1.82) is 0 Å². The molecular weight excluding hydrogens is 476 g/mol. The Morgan fingerprint density at radius 2 is 1.81 bits per heavy atom. The molecule has 0 amide bonds. The Kier molecular flexibility index (Phi) is 7.04. The molecule has 0 bridgehead atoms. The van der Waals surface area contributed by atoms with Crippen LogP contribution in [-0.2, 0) is 9.47 Å². The Balaban J connectivity index is 1.29. The fourth-order valence-electron chi connectivity index (χ4n) is 4.35. The zero-order chi connectivity index (χ0) is 25.4. The van der Waals surface area contributed by atoms with Crippen molar-refractivity contribution in [2.75, 3.05) is 27.1 Å². The van der Waals surface area contributed by atoms with Crippen molar-refractivity contribution in [3.05, 3.63) is 42.0 Å². The van der Waals surface area contributed by atoms with Gasteiger partial charge in [-0.05, 0) is 42.0 Å². The van der Waals surface area contributed by atoms with E-state index in [0.717, 1.165) is 10.9 Å². The normalized spacial score (nSPS) is 26.3. The third kappa shape index (κ3) is 4.62. The molecule has 11 heteroatoms. The molecule has 1 saturated heterocycles. The molecule has 3 heterocycles. The highest BCUT2D eigenvalue weighted by atomic mass is 16.7. The number of ether oxygens (including phenoxy) is 5. The summed E-state index contributed by atoms with van der Waals surface area (Å²) in [5.74, 6) is 2.35. The van der Waals surface area contributed by atoms with Crippen LogP contribution in [0.1, 0.15) is 18.1 Å². The van der Waals surface area contributed by atoms with Crippen LogP contribution >= 0.6 is 0 Å². The number of aliphatic hydroxyl groups excluding tert-OH is 5. The SMILES string of the molecule is COc1cc([C@@H](O)CCO[C@@H]2O[C@@H](CO)[C@@H](O)[C@@H](O)[C@@H]2O)cc2cc(-c3ccc4c(c3)OCO4)oc12. The van der Waals surface area contributed by atoms with Gasteiger partial charge in [-0.1, -0.05) is 0 Å². The van der Waals surface area contributed by atoms with Gasteiger partial charge in [-0.2, -0.15) is 0 Å². The van der Waals surface area contributed by atoms with Crippen molar-refractivity contribution in [2.45, 2.75) is 43.2 Å². The van der Waals surface area contributed by atoms with Crippen molar-refractivity contribution in [2.24, 2.45) is 0 Å². The second kappa shape index (κ2) is 10.2. The molecule has 2 aromatic carbocycles. The Morgan fingerprint density at radius 1 is 1.00 bits per heavy atom. The van der Waals surface area contributed by atoms with E-state index in [2.05, 4.69) is 0 Å². The van der Waals surface area contributed by atoms with Crippen LogP contribution in [0.4, 0.5) is 0 Å². The van der Waals surface area contributed by atoms with Crippen molar-refractivity contribution >= 4 is 11.0 Å². The summed E-state index contributed by atoms with van der Waals surface area (Å²) >= 11 is 0. The summed E-state index contributed by atoms with van der Waals surface area (Å²) in [7, 11) is 1.51. The van der Waals surface area contributed by atoms with Gasteiger partial charge in [-0.15, -0.1) is 0 Å². The highest BCUT2D eigenvalue weighted by Gasteiger charge is 2.44. The summed E-state index contributed by atoms with van der Waals surface area (Å²) in [5.41, 5.74) is 1.89. The van der Waals surface area contributed by atoms with Gasteiger partial charge in [0.2, 0.25) is 6.79 Å². The molecule has 5 N–H and O–H groups in total. The van der Waals surface area contributed by atoms with Crippen LogP contribution in [0.3, 0.4) is 0 Å². The number of aliphatic hydroxyl groups is 5. The molecule has 5 rings (SSSR count). The molecule has 0 spiro atoms. The zero-order valence-corrected chi connectivity index (χ0v) is 19.4. The van der Waals surface area contributed by atoms with Gasteiger partial charge in [0, 0.05) is 17.4 Å². The first-order valence-electron chi connectivity index (χ1n) is 11.5. The van der Waals surface area contributed by atoms with Gasteiger partial charge in [0.05, 0.1) is 26.4 Å². The maximum atomic E-state index is 10.8. The summed E-state index contributed by atoms with van der Waals surface area (Å²) in [6.45, 7) is -0.404. The summed E-state index contributed by atoms with van der Waals surface area (Å²) in [6.07, 6.45) is -7.64. The topological polar surface area (TPSA) is 160 Å². The van der Waals surface area contributed by atoms with Crippen LogP contribution in [0.5, 0.6) is 17.2 Å². The summed E-state index contributed by atoms with van der Waals surface area (Å²) < 4.78 is 33.2. The maximum absolute atomic E-state index is 10.8. The molecule has 11 nitrogen and oxygen atoms in total. The van der Waals surface area contributed by atoms with Crippen molar-refractivity contribution in [3.63, 3.8) is 0 Å². The van der Waals surface area contributed by atoms with E-state index in [4.69, 9.17) is 28.1 Å². The lowest BCUT2D eigenvalue weighted by Gasteiger charge is -2.39. The summed E-state index contributed by atoms with van der Waals surface area (Å²) in [6, 6.07) is 10.8. The van der Waals surface area contributed by atoms with Gasteiger partial charge in [-0.3, -0.25) is 0 Å². The van der Waals surface area contributed by atoms with Gasteiger partial charge in [0.1, 0.15) is 30.2 Å². The molecule has 194 valence electrons. The van der Waals surface area contributed by atoms with E-state index in [-0.39, 0.29) is 19.8 Å². The molecule has 0 saturated carbocycles. The highest BCUT2D eigenvalue weighted by molar-refractivity contribution is 5.88. The first kappa shape index (κ1) is 24.8. The van der Waals surface area contributed by atoms with Gasteiger partial charge < -0.3 is 53.6 Å². The maximum Gasteiger partial charge on any atom is 0.231 e. The molecule has 2 aliphatic rings. The van der Waals surface area contributed by atoms with Crippen LogP contribution < -0.4 is 14.2 Å². The predicted octanol–water partition coefficient (Wildman–Crippen LogP) is 1.08. The molecule has 1 aromatic heterocycles. The van der Waals surface area contributed by atoms with Crippen molar-refractivity contribution < 1.29 is 53.6 Å². The molecule has 6 atom stereocenters. The third-order valence-electron chi connectivity index (χ3n) is 6.39. The molecule has 0 aliphatic carbocycles. The first-order chi connectivity index (χ1) is 17.4. The fourth-order valence-corrected chi connectivity index (χ4v) is 4.35. The fraction of sp³-hybridized carbons (Fsp3) is 0.440. The number of methoxy groups -OCH3 is 1. The molecule has 2 aliphatic heterocycles. The summed E-state index contributed by atoms with van der Waals surface area (Å²) in [5, 5.41) is 50.7.